The molecule has 2 aromatic carbocycles. The molecule has 0 bridgehead atoms. The van der Waals surface area contributed by atoms with Crippen LogP contribution in [0.1, 0.15) is 42.3 Å². The molecule has 0 aliphatic heterocycles. The molecule has 0 unspecified atom stereocenters. The van der Waals surface area contributed by atoms with Crippen molar-refractivity contribution in [1.82, 2.24) is 0 Å². The number of carbonyl (C=O) groups is 2. The molecule has 0 aliphatic carbocycles. The molecule has 0 atom stereocenters. The summed E-state index contributed by atoms with van der Waals surface area (Å²) < 4.78 is 56.3. The molecule has 0 saturated carbocycles. The van der Waals surface area contributed by atoms with Crippen molar-refractivity contribution in [1.29, 1.82) is 0 Å². The van der Waals surface area contributed by atoms with Crippen molar-refractivity contribution in [3.63, 3.8) is 0 Å². The second-order valence-electron chi connectivity index (χ2n) is 7.31. The Morgan fingerprint density at radius 1 is 1.07 bits per heavy atom. The van der Waals surface area contributed by atoms with Gasteiger partial charge in [-0.1, -0.05) is 6.07 Å². The average molecular weight is 425 g/mol. The normalized spacial score (nSPS) is 11.6. The summed E-state index contributed by atoms with van der Waals surface area (Å²) in [5, 5.41) is 2.29. The Labute approximate surface area is 171 Å². The highest BCUT2D eigenvalue weighted by Gasteiger charge is 2.34. The van der Waals surface area contributed by atoms with Crippen LogP contribution in [0, 0.1) is 0 Å². The van der Waals surface area contributed by atoms with Gasteiger partial charge in [0.25, 0.3) is 0 Å². The van der Waals surface area contributed by atoms with Crippen molar-refractivity contribution in [2.75, 3.05) is 12.4 Å². The lowest BCUT2D eigenvalue weighted by molar-refractivity contribution is -0.138. The fourth-order valence-electron chi connectivity index (χ4n) is 2.50. The summed E-state index contributed by atoms with van der Waals surface area (Å²) in [5.41, 5.74) is -1.61. The molecule has 30 heavy (non-hydrogen) atoms. The highest BCUT2D eigenvalue weighted by Crippen LogP contribution is 2.35. The van der Waals surface area contributed by atoms with Crippen LogP contribution < -0.4 is 14.8 Å². The van der Waals surface area contributed by atoms with Gasteiger partial charge in [-0.25, -0.2) is 4.79 Å². The molecule has 2 aromatic rings. The summed E-state index contributed by atoms with van der Waals surface area (Å²) in [5.74, 6) is 0.406. The SMILES string of the molecule is COc1cc(C=O)ccc1OCc1ccc(NC(=O)OC(C)(C)C)cc1C(F)(F)F. The van der Waals surface area contributed by atoms with Gasteiger partial charge in [0.1, 0.15) is 18.5 Å². The fourth-order valence-corrected chi connectivity index (χ4v) is 2.50. The number of anilines is 1. The molecular weight excluding hydrogens is 403 g/mol. The van der Waals surface area contributed by atoms with Gasteiger partial charge in [0.05, 0.1) is 12.7 Å². The van der Waals surface area contributed by atoms with Crippen molar-refractivity contribution in [2.45, 2.75) is 39.2 Å². The minimum atomic E-state index is -4.67. The van der Waals surface area contributed by atoms with E-state index in [4.69, 9.17) is 14.2 Å². The van der Waals surface area contributed by atoms with Crippen molar-refractivity contribution in [3.8, 4) is 11.5 Å². The maximum Gasteiger partial charge on any atom is 0.416 e. The third-order valence-electron chi connectivity index (χ3n) is 3.77. The first-order valence-electron chi connectivity index (χ1n) is 8.89. The number of alkyl halides is 3. The standard InChI is InChI=1S/C21H22F3NO5/c1-20(2,3)30-19(27)25-15-7-6-14(16(10-15)21(22,23)24)12-29-17-8-5-13(11-26)9-18(17)28-4/h5-11H,12H2,1-4H3,(H,25,27). The first-order chi connectivity index (χ1) is 13.9. The molecule has 0 saturated heterocycles. The van der Waals surface area contributed by atoms with E-state index in [0.717, 1.165) is 6.07 Å². The van der Waals surface area contributed by atoms with Gasteiger partial charge in [-0.3, -0.25) is 10.1 Å². The van der Waals surface area contributed by atoms with Gasteiger partial charge in [0.15, 0.2) is 11.5 Å². The largest absolute Gasteiger partial charge is 0.493 e. The van der Waals surface area contributed by atoms with Crippen LogP contribution in [0.25, 0.3) is 0 Å². The van der Waals surface area contributed by atoms with E-state index >= 15 is 0 Å². The zero-order valence-corrected chi connectivity index (χ0v) is 16.9. The van der Waals surface area contributed by atoms with E-state index in [2.05, 4.69) is 5.32 Å². The molecule has 9 heteroatoms. The maximum atomic E-state index is 13.5. The topological polar surface area (TPSA) is 73.9 Å². The lowest BCUT2D eigenvalue weighted by Crippen LogP contribution is -2.27. The van der Waals surface area contributed by atoms with Crippen LogP contribution >= 0.6 is 0 Å². The molecule has 2 rings (SSSR count). The number of amides is 1. The number of aldehydes is 1. The summed E-state index contributed by atoms with van der Waals surface area (Å²) >= 11 is 0. The molecule has 0 aliphatic rings. The zero-order valence-electron chi connectivity index (χ0n) is 16.9. The molecule has 162 valence electrons. The number of benzene rings is 2. The lowest BCUT2D eigenvalue weighted by atomic mass is 10.1. The van der Waals surface area contributed by atoms with Gasteiger partial charge in [-0.2, -0.15) is 13.2 Å². The molecule has 1 N–H and O–H groups in total. The lowest BCUT2D eigenvalue weighted by Gasteiger charge is -2.20. The number of hydrogen-bond acceptors (Lipinski definition) is 5. The van der Waals surface area contributed by atoms with Crippen LogP contribution in [0.2, 0.25) is 0 Å². The van der Waals surface area contributed by atoms with E-state index in [0.29, 0.717) is 11.8 Å². The second kappa shape index (κ2) is 9.06. The Bertz CT molecular complexity index is 920. The monoisotopic (exact) mass is 425 g/mol. The molecular formula is C21H22F3NO5. The van der Waals surface area contributed by atoms with Crippen LogP contribution in [-0.4, -0.2) is 25.1 Å². The first-order valence-corrected chi connectivity index (χ1v) is 8.89. The van der Waals surface area contributed by atoms with E-state index in [9.17, 15) is 22.8 Å². The first kappa shape index (κ1) is 23.1. The van der Waals surface area contributed by atoms with Gasteiger partial charge >= 0.3 is 12.3 Å². The molecule has 0 aromatic heterocycles. The van der Waals surface area contributed by atoms with Crippen LogP contribution in [0.4, 0.5) is 23.7 Å². The molecule has 1 amide bonds. The van der Waals surface area contributed by atoms with Crippen molar-refractivity contribution in [3.05, 3.63) is 53.1 Å². The fraction of sp³-hybridized carbons (Fsp3) is 0.333. The third-order valence-corrected chi connectivity index (χ3v) is 3.77. The van der Waals surface area contributed by atoms with E-state index in [-0.39, 0.29) is 22.7 Å². The molecule has 0 spiro atoms. The number of methoxy groups -OCH3 is 1. The van der Waals surface area contributed by atoms with Crippen molar-refractivity contribution >= 4 is 18.1 Å². The summed E-state index contributed by atoms with van der Waals surface area (Å²) in [4.78, 5) is 22.7. The zero-order chi connectivity index (χ0) is 22.5. The predicted octanol–water partition coefficient (Wildman–Crippen LogP) is 5.45. The quantitative estimate of drug-likeness (QED) is 0.623. The summed E-state index contributed by atoms with van der Waals surface area (Å²) in [6.07, 6.45) is -4.92. The van der Waals surface area contributed by atoms with Crippen molar-refractivity contribution in [2.24, 2.45) is 0 Å². The van der Waals surface area contributed by atoms with E-state index in [1.54, 1.807) is 20.8 Å². The minimum Gasteiger partial charge on any atom is -0.493 e. The van der Waals surface area contributed by atoms with E-state index in [1.165, 1.54) is 37.4 Å². The Morgan fingerprint density at radius 2 is 1.77 bits per heavy atom. The Kier molecular flexibility index (Phi) is 6.96. The van der Waals surface area contributed by atoms with Crippen LogP contribution in [-0.2, 0) is 17.5 Å². The number of hydrogen-bond donors (Lipinski definition) is 1. The third kappa shape index (κ3) is 6.40. The van der Waals surface area contributed by atoms with Gasteiger partial charge in [-0.15, -0.1) is 0 Å². The van der Waals surface area contributed by atoms with Gasteiger partial charge in [0, 0.05) is 16.8 Å². The Morgan fingerprint density at radius 3 is 2.33 bits per heavy atom. The highest BCUT2D eigenvalue weighted by molar-refractivity contribution is 5.85. The average Bonchev–Trinajstić information content (AvgIpc) is 2.64. The van der Waals surface area contributed by atoms with Crippen LogP contribution in [0.5, 0.6) is 11.5 Å². The number of nitrogens with one attached hydrogen (secondary N) is 1. The predicted molar refractivity (Wildman–Crippen MR) is 104 cm³/mol. The summed E-state index contributed by atoms with van der Waals surface area (Å²) in [6.45, 7) is 4.52. The Balaban J connectivity index is 2.24. The van der Waals surface area contributed by atoms with Gasteiger partial charge < -0.3 is 14.2 Å². The van der Waals surface area contributed by atoms with E-state index in [1.807, 2.05) is 0 Å². The molecule has 0 fully saturated rings. The summed E-state index contributed by atoms with van der Waals surface area (Å²) in [6, 6.07) is 7.67. The van der Waals surface area contributed by atoms with Gasteiger partial charge in [0.2, 0.25) is 0 Å². The smallest absolute Gasteiger partial charge is 0.416 e. The number of carbonyl (C=O) groups excluding carboxylic acids is 2. The molecule has 0 radical (unpaired) electrons. The maximum absolute atomic E-state index is 13.5. The van der Waals surface area contributed by atoms with Crippen LogP contribution in [0.3, 0.4) is 0 Å². The molecule has 0 heterocycles. The van der Waals surface area contributed by atoms with Crippen LogP contribution in [0.15, 0.2) is 36.4 Å². The number of rotatable bonds is 6. The Hall–Kier alpha value is -3.23. The van der Waals surface area contributed by atoms with E-state index < -0.39 is 30.0 Å². The van der Waals surface area contributed by atoms with Crippen molar-refractivity contribution < 1.29 is 37.0 Å². The second-order valence-corrected chi connectivity index (χ2v) is 7.31. The number of ether oxygens (including phenoxy) is 3. The summed E-state index contributed by atoms with van der Waals surface area (Å²) in [7, 11) is 1.36. The highest BCUT2D eigenvalue weighted by atomic mass is 19.4. The number of halogens is 3. The minimum absolute atomic E-state index is 0.0618. The molecule has 6 nitrogen and oxygen atoms in total. The van der Waals surface area contributed by atoms with Gasteiger partial charge in [-0.05, 0) is 51.1 Å².